The average Bonchev–Trinajstić information content (AvgIpc) is 2.66. The Morgan fingerprint density at radius 3 is 2.34 bits per heavy atom. The summed E-state index contributed by atoms with van der Waals surface area (Å²) in [6, 6.07) is 8.04. The number of sulfone groups is 1. The van der Waals surface area contributed by atoms with Gasteiger partial charge in [-0.2, -0.15) is 0 Å². The van der Waals surface area contributed by atoms with Crippen molar-refractivity contribution in [3.63, 3.8) is 0 Å². The largest absolute Gasteiger partial charge is 0.357 e. The van der Waals surface area contributed by atoms with Crippen molar-refractivity contribution < 1.29 is 8.42 Å². The highest BCUT2D eigenvalue weighted by molar-refractivity contribution is 7.90. The lowest BCUT2D eigenvalue weighted by atomic mass is 9.90. The molecule has 0 spiro atoms. The molecule has 2 rings (SSSR count). The van der Waals surface area contributed by atoms with E-state index in [1.807, 2.05) is 12.1 Å². The van der Waals surface area contributed by atoms with Gasteiger partial charge in [0.15, 0.2) is 5.96 Å². The fourth-order valence-corrected chi connectivity index (χ4v) is 4.27. The van der Waals surface area contributed by atoms with Crippen molar-refractivity contribution in [2.24, 2.45) is 10.4 Å². The zero-order valence-electron chi connectivity index (χ0n) is 18.1. The summed E-state index contributed by atoms with van der Waals surface area (Å²) in [6.45, 7) is 12.4. The minimum atomic E-state index is -2.95. The lowest BCUT2D eigenvalue weighted by Gasteiger charge is -2.37. The maximum Gasteiger partial charge on any atom is 0.194 e. The first-order valence-electron chi connectivity index (χ1n) is 10.3. The van der Waals surface area contributed by atoms with Crippen LogP contribution < -0.4 is 5.32 Å². The molecule has 0 radical (unpaired) electrons. The van der Waals surface area contributed by atoms with Crippen molar-refractivity contribution in [1.82, 2.24) is 15.1 Å². The summed E-state index contributed by atoms with van der Waals surface area (Å²) in [5, 5.41) is 4.16. The quantitative estimate of drug-likeness (QED) is 0.495. The molecule has 1 aliphatic rings. The van der Waals surface area contributed by atoms with Crippen molar-refractivity contribution in [2.75, 3.05) is 51.3 Å². The predicted octanol–water partition coefficient (Wildman–Crippen LogP) is 2.88. The minimum absolute atomic E-state index is 0.153. The molecule has 0 bridgehead atoms. The van der Waals surface area contributed by atoms with Crippen LogP contribution in [0.4, 0.5) is 0 Å². The molecule has 1 saturated heterocycles. The van der Waals surface area contributed by atoms with Crippen LogP contribution in [-0.2, 0) is 16.4 Å². The number of benzene rings is 1. The summed E-state index contributed by atoms with van der Waals surface area (Å²) >= 11 is 5.97. The van der Waals surface area contributed by atoms with Gasteiger partial charge in [-0.15, -0.1) is 0 Å². The Labute approximate surface area is 181 Å². The molecule has 1 aliphatic heterocycles. The van der Waals surface area contributed by atoms with Crippen LogP contribution in [0.3, 0.4) is 0 Å². The average molecular weight is 443 g/mol. The van der Waals surface area contributed by atoms with Gasteiger partial charge in [0.2, 0.25) is 0 Å². The lowest BCUT2D eigenvalue weighted by molar-refractivity contribution is 0.172. The van der Waals surface area contributed by atoms with Crippen molar-refractivity contribution in [1.29, 1.82) is 0 Å². The summed E-state index contributed by atoms with van der Waals surface area (Å²) in [4.78, 5) is 9.58. The van der Waals surface area contributed by atoms with Gasteiger partial charge in [-0.25, -0.2) is 8.42 Å². The van der Waals surface area contributed by atoms with E-state index in [9.17, 15) is 8.42 Å². The molecule has 164 valence electrons. The van der Waals surface area contributed by atoms with E-state index in [4.69, 9.17) is 16.6 Å². The molecule has 1 aromatic carbocycles. The predicted molar refractivity (Wildman–Crippen MR) is 122 cm³/mol. The molecule has 1 N–H and O–H groups in total. The highest BCUT2D eigenvalue weighted by atomic mass is 35.5. The monoisotopic (exact) mass is 442 g/mol. The normalized spacial score (nSPS) is 16.9. The third-order valence-electron chi connectivity index (χ3n) is 5.13. The number of hydrogen-bond acceptors (Lipinski definition) is 4. The van der Waals surface area contributed by atoms with Crippen LogP contribution in [0, 0.1) is 5.41 Å². The van der Waals surface area contributed by atoms with Gasteiger partial charge in [0.25, 0.3) is 0 Å². The molecule has 1 fully saturated rings. The van der Waals surface area contributed by atoms with Crippen molar-refractivity contribution in [3.8, 4) is 0 Å². The number of hydrogen-bond donors (Lipinski definition) is 1. The maximum atomic E-state index is 11.5. The van der Waals surface area contributed by atoms with Gasteiger partial charge in [-0.1, -0.05) is 37.6 Å². The lowest BCUT2D eigenvalue weighted by Crippen LogP contribution is -2.52. The Morgan fingerprint density at radius 2 is 1.79 bits per heavy atom. The summed E-state index contributed by atoms with van der Waals surface area (Å²) in [7, 11) is -2.95. The van der Waals surface area contributed by atoms with E-state index in [0.29, 0.717) is 13.0 Å². The van der Waals surface area contributed by atoms with Gasteiger partial charge in [0, 0.05) is 57.1 Å². The number of rotatable bonds is 8. The van der Waals surface area contributed by atoms with Gasteiger partial charge in [0.1, 0.15) is 9.84 Å². The molecule has 1 heterocycles. The maximum absolute atomic E-state index is 11.5. The third-order valence-corrected chi connectivity index (χ3v) is 6.33. The number of nitrogens with one attached hydrogen (secondary N) is 1. The van der Waals surface area contributed by atoms with E-state index in [2.05, 4.69) is 48.0 Å². The molecule has 0 aromatic heterocycles. The summed E-state index contributed by atoms with van der Waals surface area (Å²) in [6.07, 6.45) is 1.91. The number of piperazine rings is 1. The molecule has 1 aromatic rings. The molecule has 0 aliphatic carbocycles. The van der Waals surface area contributed by atoms with Crippen molar-refractivity contribution in [2.45, 2.75) is 33.7 Å². The summed E-state index contributed by atoms with van der Waals surface area (Å²) < 4.78 is 23.0. The second-order valence-electron chi connectivity index (χ2n) is 8.60. The van der Waals surface area contributed by atoms with Gasteiger partial charge in [-0.05, 0) is 36.5 Å². The molecule has 0 unspecified atom stereocenters. The number of halogens is 1. The van der Waals surface area contributed by atoms with E-state index < -0.39 is 9.84 Å². The fourth-order valence-electron chi connectivity index (χ4n) is 3.22. The number of nitrogens with zero attached hydrogens (tertiary/aromatic N) is 3. The second-order valence-corrected chi connectivity index (χ2v) is 11.3. The Hall–Kier alpha value is -1.31. The molecular formula is C21H35ClN4O2S. The third kappa shape index (κ3) is 8.93. The van der Waals surface area contributed by atoms with Crippen LogP contribution in [0.2, 0.25) is 5.02 Å². The summed E-state index contributed by atoms with van der Waals surface area (Å²) in [5.41, 5.74) is 1.12. The van der Waals surface area contributed by atoms with Crippen LogP contribution in [0.15, 0.2) is 29.3 Å². The van der Waals surface area contributed by atoms with E-state index >= 15 is 0 Å². The van der Waals surface area contributed by atoms with Gasteiger partial charge in [-0.3, -0.25) is 9.89 Å². The van der Waals surface area contributed by atoms with Crippen molar-refractivity contribution >= 4 is 27.4 Å². The van der Waals surface area contributed by atoms with Gasteiger partial charge in [0.05, 0.1) is 5.75 Å². The van der Waals surface area contributed by atoms with Crippen LogP contribution in [-0.4, -0.2) is 75.5 Å². The van der Waals surface area contributed by atoms with Crippen LogP contribution in [0.5, 0.6) is 0 Å². The van der Waals surface area contributed by atoms with Crippen LogP contribution in [0.25, 0.3) is 0 Å². The second kappa shape index (κ2) is 10.6. The standard InChI is InChI=1S/C21H35ClN4O2S/c1-5-23-20(24-17-21(2,3)10-15-29(4,27)28)26-13-11-25(12-14-26)16-18-6-8-19(22)9-7-18/h6-9H,5,10-17H2,1-4H3,(H,23,24). The molecule has 6 nitrogen and oxygen atoms in total. The Balaban J connectivity index is 1.90. The summed E-state index contributed by atoms with van der Waals surface area (Å²) in [5.74, 6) is 1.13. The first-order chi connectivity index (χ1) is 13.6. The molecule has 29 heavy (non-hydrogen) atoms. The van der Waals surface area contributed by atoms with E-state index in [1.54, 1.807) is 0 Å². The number of guanidine groups is 1. The molecule has 8 heteroatoms. The van der Waals surface area contributed by atoms with Crippen LogP contribution >= 0.6 is 11.6 Å². The fraction of sp³-hybridized carbons (Fsp3) is 0.667. The first-order valence-corrected chi connectivity index (χ1v) is 12.7. The van der Waals surface area contributed by atoms with Crippen LogP contribution in [0.1, 0.15) is 32.8 Å². The molecule has 0 saturated carbocycles. The highest BCUT2D eigenvalue weighted by Gasteiger charge is 2.23. The SMILES string of the molecule is CCNC(=NCC(C)(C)CCS(C)(=O)=O)N1CCN(Cc2ccc(Cl)cc2)CC1. The van der Waals surface area contributed by atoms with E-state index in [-0.39, 0.29) is 11.2 Å². The van der Waals surface area contributed by atoms with E-state index in [1.165, 1.54) is 11.8 Å². The first kappa shape index (κ1) is 24.0. The van der Waals surface area contributed by atoms with E-state index in [0.717, 1.165) is 50.3 Å². The molecule has 0 atom stereocenters. The van der Waals surface area contributed by atoms with Crippen molar-refractivity contribution in [3.05, 3.63) is 34.9 Å². The van der Waals surface area contributed by atoms with Gasteiger partial charge >= 0.3 is 0 Å². The Morgan fingerprint density at radius 1 is 1.17 bits per heavy atom. The smallest absolute Gasteiger partial charge is 0.194 e. The zero-order valence-corrected chi connectivity index (χ0v) is 19.7. The number of aliphatic imine (C=N–C) groups is 1. The molecule has 0 amide bonds. The highest BCUT2D eigenvalue weighted by Crippen LogP contribution is 2.22. The van der Waals surface area contributed by atoms with Gasteiger partial charge < -0.3 is 10.2 Å². The Kier molecular flexibility index (Phi) is 8.79. The topological polar surface area (TPSA) is 65.0 Å². The minimum Gasteiger partial charge on any atom is -0.357 e. The zero-order chi connectivity index (χ0) is 21.5. The molecular weight excluding hydrogens is 408 g/mol. The Bertz CT molecular complexity index is 770.